The third-order valence-electron chi connectivity index (χ3n) is 4.24. The van der Waals surface area contributed by atoms with Crippen LogP contribution < -0.4 is 10.2 Å². The first-order chi connectivity index (χ1) is 9.99. The topological polar surface area (TPSA) is 37.4 Å². The number of nitrogens with one attached hydrogen (secondary N) is 1. The summed E-state index contributed by atoms with van der Waals surface area (Å²) in [5.41, 5.74) is 2.39. The molecule has 21 heavy (non-hydrogen) atoms. The van der Waals surface area contributed by atoms with Crippen molar-refractivity contribution < 1.29 is 4.74 Å². The minimum Gasteiger partial charge on any atom is -0.376 e. The zero-order chi connectivity index (χ0) is 15.4. The molecule has 1 fully saturated rings. The fraction of sp³-hybridized carbons (Fsp3) is 0.706. The Hall–Kier alpha value is -1.13. The maximum atomic E-state index is 5.66. The fourth-order valence-corrected chi connectivity index (χ4v) is 2.85. The van der Waals surface area contributed by atoms with Gasteiger partial charge in [-0.2, -0.15) is 0 Å². The molecule has 1 saturated heterocycles. The molecule has 0 saturated carbocycles. The van der Waals surface area contributed by atoms with Crippen LogP contribution in [0.3, 0.4) is 0 Å². The molecule has 1 aromatic heterocycles. The average molecular weight is 291 g/mol. The van der Waals surface area contributed by atoms with Crippen molar-refractivity contribution >= 4 is 5.82 Å². The Kier molecular flexibility index (Phi) is 5.59. The van der Waals surface area contributed by atoms with Gasteiger partial charge in [0, 0.05) is 25.9 Å². The van der Waals surface area contributed by atoms with Gasteiger partial charge >= 0.3 is 0 Å². The lowest BCUT2D eigenvalue weighted by atomic mass is 10.1. The molecule has 1 aromatic rings. The molecule has 1 N–H and O–H groups in total. The van der Waals surface area contributed by atoms with Gasteiger partial charge in [-0.1, -0.05) is 19.9 Å². The lowest BCUT2D eigenvalue weighted by molar-refractivity contribution is 0.118. The summed E-state index contributed by atoms with van der Waals surface area (Å²) in [6.45, 7) is 11.5. The van der Waals surface area contributed by atoms with Crippen molar-refractivity contribution in [3.8, 4) is 0 Å². The summed E-state index contributed by atoms with van der Waals surface area (Å²) in [6, 6.07) is 4.76. The molecule has 1 aliphatic rings. The number of pyridine rings is 1. The van der Waals surface area contributed by atoms with Gasteiger partial charge in [0.05, 0.1) is 12.1 Å². The average Bonchev–Trinajstić information content (AvgIpc) is 2.85. The van der Waals surface area contributed by atoms with Crippen molar-refractivity contribution in [1.82, 2.24) is 10.3 Å². The van der Waals surface area contributed by atoms with Crippen molar-refractivity contribution in [3.63, 3.8) is 0 Å². The van der Waals surface area contributed by atoms with Crippen LogP contribution in [-0.4, -0.2) is 37.3 Å². The molecule has 0 aromatic carbocycles. The number of aryl methyl sites for hydroxylation is 1. The van der Waals surface area contributed by atoms with E-state index in [0.29, 0.717) is 12.0 Å². The number of ether oxygens (including phenoxy) is 1. The van der Waals surface area contributed by atoms with Crippen LogP contribution in [0.25, 0.3) is 0 Å². The van der Waals surface area contributed by atoms with Gasteiger partial charge in [-0.15, -0.1) is 0 Å². The molecular formula is C17H29N3O. The zero-order valence-electron chi connectivity index (χ0n) is 14.0. The number of nitrogens with zero attached hydrogens (tertiary/aromatic N) is 2. The highest BCUT2D eigenvalue weighted by Crippen LogP contribution is 2.23. The van der Waals surface area contributed by atoms with Gasteiger partial charge in [-0.05, 0) is 44.4 Å². The largest absolute Gasteiger partial charge is 0.376 e. The third kappa shape index (κ3) is 4.17. The number of rotatable bonds is 6. The van der Waals surface area contributed by atoms with Gasteiger partial charge in [0.25, 0.3) is 0 Å². The molecule has 2 rings (SSSR count). The van der Waals surface area contributed by atoms with E-state index in [9.17, 15) is 0 Å². The summed E-state index contributed by atoms with van der Waals surface area (Å²) in [6.07, 6.45) is 1.36. The van der Waals surface area contributed by atoms with E-state index in [2.05, 4.69) is 57.1 Å². The number of hydrogen-bond donors (Lipinski definition) is 1. The van der Waals surface area contributed by atoms with Gasteiger partial charge in [0.2, 0.25) is 0 Å². The van der Waals surface area contributed by atoms with Crippen LogP contribution >= 0.6 is 0 Å². The van der Waals surface area contributed by atoms with Crippen molar-refractivity contribution in [2.24, 2.45) is 5.92 Å². The molecule has 118 valence electrons. The fourth-order valence-electron chi connectivity index (χ4n) is 2.85. The Morgan fingerprint density at radius 2 is 2.19 bits per heavy atom. The SMILES string of the molecule is Cc1nc(N(C)C2CCOC2C)ccc1CNCC(C)C. The summed E-state index contributed by atoms with van der Waals surface area (Å²) >= 11 is 0. The van der Waals surface area contributed by atoms with Crippen LogP contribution in [0, 0.1) is 12.8 Å². The van der Waals surface area contributed by atoms with Crippen molar-refractivity contribution in [3.05, 3.63) is 23.4 Å². The van der Waals surface area contributed by atoms with E-state index >= 15 is 0 Å². The van der Waals surface area contributed by atoms with E-state index in [1.165, 1.54) is 5.56 Å². The molecule has 2 unspecified atom stereocenters. The molecule has 0 amide bonds. The zero-order valence-corrected chi connectivity index (χ0v) is 14.0. The molecule has 4 nitrogen and oxygen atoms in total. The minimum absolute atomic E-state index is 0.282. The maximum Gasteiger partial charge on any atom is 0.128 e. The molecule has 2 atom stereocenters. The number of hydrogen-bond acceptors (Lipinski definition) is 4. The molecule has 1 aliphatic heterocycles. The van der Waals surface area contributed by atoms with Crippen LogP contribution in [0.5, 0.6) is 0 Å². The molecule has 2 heterocycles. The van der Waals surface area contributed by atoms with Gasteiger partial charge in [0.1, 0.15) is 5.82 Å². The minimum atomic E-state index is 0.282. The van der Waals surface area contributed by atoms with Crippen LogP contribution in [-0.2, 0) is 11.3 Å². The Morgan fingerprint density at radius 3 is 2.76 bits per heavy atom. The molecule has 0 spiro atoms. The Balaban J connectivity index is 2.01. The Bertz CT molecular complexity index is 461. The van der Waals surface area contributed by atoms with Crippen molar-refractivity contribution in [2.45, 2.75) is 52.8 Å². The Morgan fingerprint density at radius 1 is 1.43 bits per heavy atom. The predicted molar refractivity (Wildman–Crippen MR) is 87.7 cm³/mol. The van der Waals surface area contributed by atoms with Crippen LogP contribution in [0.2, 0.25) is 0 Å². The molecular weight excluding hydrogens is 262 g/mol. The van der Waals surface area contributed by atoms with Crippen molar-refractivity contribution in [2.75, 3.05) is 25.1 Å². The second-order valence-electron chi connectivity index (χ2n) is 6.48. The highest BCUT2D eigenvalue weighted by molar-refractivity contribution is 5.42. The number of likely N-dealkylation sites (N-methyl/N-ethyl adjacent to an activating group) is 1. The van der Waals surface area contributed by atoms with E-state index in [-0.39, 0.29) is 6.10 Å². The third-order valence-corrected chi connectivity index (χ3v) is 4.24. The second kappa shape index (κ2) is 7.23. The highest BCUT2D eigenvalue weighted by atomic mass is 16.5. The summed E-state index contributed by atoms with van der Waals surface area (Å²) in [5.74, 6) is 1.72. The van der Waals surface area contributed by atoms with Gasteiger partial charge in [-0.25, -0.2) is 4.98 Å². The van der Waals surface area contributed by atoms with E-state index < -0.39 is 0 Å². The van der Waals surface area contributed by atoms with Gasteiger partial charge in [0.15, 0.2) is 0 Å². The lowest BCUT2D eigenvalue weighted by Crippen LogP contribution is -2.37. The van der Waals surface area contributed by atoms with E-state index in [0.717, 1.165) is 37.6 Å². The highest BCUT2D eigenvalue weighted by Gasteiger charge is 2.28. The smallest absolute Gasteiger partial charge is 0.128 e. The van der Waals surface area contributed by atoms with Crippen molar-refractivity contribution in [1.29, 1.82) is 0 Å². The second-order valence-corrected chi connectivity index (χ2v) is 6.48. The molecule has 0 radical (unpaired) electrons. The normalized spacial score (nSPS) is 22.0. The maximum absolute atomic E-state index is 5.66. The van der Waals surface area contributed by atoms with Gasteiger partial charge < -0.3 is 15.0 Å². The number of aromatic nitrogens is 1. The summed E-state index contributed by atoms with van der Waals surface area (Å²) in [7, 11) is 2.12. The van der Waals surface area contributed by atoms with E-state index in [4.69, 9.17) is 9.72 Å². The summed E-state index contributed by atoms with van der Waals surface area (Å²) in [4.78, 5) is 7.04. The Labute approximate surface area is 128 Å². The molecule has 4 heteroatoms. The number of anilines is 1. The molecule has 0 aliphatic carbocycles. The van der Waals surface area contributed by atoms with Crippen LogP contribution in [0.1, 0.15) is 38.4 Å². The van der Waals surface area contributed by atoms with E-state index in [1.54, 1.807) is 0 Å². The first-order valence-electron chi connectivity index (χ1n) is 8.00. The summed E-state index contributed by atoms with van der Waals surface area (Å²) < 4.78 is 5.66. The monoisotopic (exact) mass is 291 g/mol. The quantitative estimate of drug-likeness (QED) is 0.874. The van der Waals surface area contributed by atoms with Crippen LogP contribution in [0.15, 0.2) is 12.1 Å². The first kappa shape index (κ1) is 16.2. The van der Waals surface area contributed by atoms with E-state index in [1.807, 2.05) is 0 Å². The standard InChI is InChI=1S/C17H29N3O/c1-12(2)10-18-11-15-6-7-17(19-13(15)3)20(5)16-8-9-21-14(16)4/h6-7,12,14,16,18H,8-11H2,1-5H3. The molecule has 0 bridgehead atoms. The summed E-state index contributed by atoms with van der Waals surface area (Å²) in [5, 5.41) is 3.48. The lowest BCUT2D eigenvalue weighted by Gasteiger charge is -2.28. The predicted octanol–water partition coefficient (Wildman–Crippen LogP) is 2.75. The van der Waals surface area contributed by atoms with Gasteiger partial charge in [-0.3, -0.25) is 0 Å². The first-order valence-corrected chi connectivity index (χ1v) is 8.00. The van der Waals surface area contributed by atoms with Crippen LogP contribution in [0.4, 0.5) is 5.82 Å².